The third-order valence-corrected chi connectivity index (χ3v) is 6.10. The van der Waals surface area contributed by atoms with Gasteiger partial charge in [-0.3, -0.25) is 4.79 Å². The van der Waals surface area contributed by atoms with E-state index in [1.54, 1.807) is 39.0 Å². The Labute approximate surface area is 148 Å². The van der Waals surface area contributed by atoms with E-state index in [9.17, 15) is 18.0 Å². The molecule has 1 saturated heterocycles. The molecule has 1 amide bonds. The van der Waals surface area contributed by atoms with Crippen molar-refractivity contribution in [3.8, 4) is 0 Å². The number of carbonyl (C=O) groups excluding carboxylic acids is 2. The molecule has 7 nitrogen and oxygen atoms in total. The van der Waals surface area contributed by atoms with Gasteiger partial charge in [0.1, 0.15) is 6.04 Å². The van der Waals surface area contributed by atoms with Crippen molar-refractivity contribution in [3.63, 3.8) is 0 Å². The van der Waals surface area contributed by atoms with Crippen LogP contribution in [0.3, 0.4) is 0 Å². The number of benzene rings is 1. The molecule has 0 unspecified atom stereocenters. The topological polar surface area (TPSA) is 84.0 Å². The summed E-state index contributed by atoms with van der Waals surface area (Å²) in [7, 11) is -2.52. The van der Waals surface area contributed by atoms with E-state index in [4.69, 9.17) is 4.74 Å². The van der Waals surface area contributed by atoms with Crippen LogP contribution in [-0.2, 0) is 24.3 Å². The summed E-state index contributed by atoms with van der Waals surface area (Å²) >= 11 is 0. The first-order valence-corrected chi connectivity index (χ1v) is 9.59. The highest BCUT2D eigenvalue weighted by Gasteiger charge is 2.44. The number of rotatable bonds is 4. The molecule has 0 radical (unpaired) electrons. The van der Waals surface area contributed by atoms with Crippen molar-refractivity contribution in [3.05, 3.63) is 30.3 Å². The molecule has 0 N–H and O–H groups in total. The second-order valence-electron chi connectivity index (χ2n) is 6.42. The Balaban J connectivity index is 2.37. The molecule has 25 heavy (non-hydrogen) atoms. The zero-order valence-electron chi connectivity index (χ0n) is 14.9. The van der Waals surface area contributed by atoms with E-state index in [0.717, 1.165) is 0 Å². The molecule has 1 heterocycles. The zero-order chi connectivity index (χ0) is 18.8. The van der Waals surface area contributed by atoms with E-state index in [2.05, 4.69) is 0 Å². The molecule has 2 atom stereocenters. The number of nitrogens with zero attached hydrogens (tertiary/aromatic N) is 2. The maximum Gasteiger partial charge on any atom is 0.329 e. The van der Waals surface area contributed by atoms with Crippen LogP contribution in [0.4, 0.5) is 0 Å². The van der Waals surface area contributed by atoms with Crippen molar-refractivity contribution in [1.29, 1.82) is 0 Å². The lowest BCUT2D eigenvalue weighted by Gasteiger charge is -2.44. The normalized spacial score (nSPS) is 22.0. The van der Waals surface area contributed by atoms with Crippen LogP contribution in [0.1, 0.15) is 20.8 Å². The smallest absolute Gasteiger partial charge is 0.329 e. The van der Waals surface area contributed by atoms with Gasteiger partial charge in [-0.15, -0.1) is 0 Å². The van der Waals surface area contributed by atoms with E-state index in [0.29, 0.717) is 0 Å². The molecule has 0 spiro atoms. The number of amides is 1. The van der Waals surface area contributed by atoms with Crippen molar-refractivity contribution in [1.82, 2.24) is 9.21 Å². The molecule has 1 aliphatic rings. The van der Waals surface area contributed by atoms with Gasteiger partial charge in [-0.25, -0.2) is 13.2 Å². The summed E-state index contributed by atoms with van der Waals surface area (Å²) in [4.78, 5) is 26.4. The molecular formula is C17H24N2O5S. The summed E-state index contributed by atoms with van der Waals surface area (Å²) in [6, 6.07) is 6.66. The van der Waals surface area contributed by atoms with Gasteiger partial charge < -0.3 is 9.64 Å². The lowest BCUT2D eigenvalue weighted by Crippen LogP contribution is -2.63. The number of sulfonamides is 1. The van der Waals surface area contributed by atoms with Gasteiger partial charge >= 0.3 is 5.97 Å². The third kappa shape index (κ3) is 3.85. The Morgan fingerprint density at radius 1 is 1.16 bits per heavy atom. The number of hydrogen-bond acceptors (Lipinski definition) is 5. The van der Waals surface area contributed by atoms with Gasteiger partial charge in [0.15, 0.2) is 0 Å². The lowest BCUT2D eigenvalue weighted by atomic mass is 10.0. The van der Waals surface area contributed by atoms with Crippen molar-refractivity contribution in [2.75, 3.05) is 20.2 Å². The average molecular weight is 368 g/mol. The standard InChI is InChI=1S/C17H24N2O5S/c1-12(2)16(20)19-13(3)10-18(11-15(19)17(21)24-4)25(22,23)14-8-6-5-7-9-14/h5-9,12-13,15H,10-11H2,1-4H3/t13-,15-/m1/s1. The van der Waals surface area contributed by atoms with Gasteiger partial charge in [0.05, 0.1) is 12.0 Å². The summed E-state index contributed by atoms with van der Waals surface area (Å²) in [5, 5.41) is 0. The van der Waals surface area contributed by atoms with Gasteiger partial charge in [-0.1, -0.05) is 32.0 Å². The van der Waals surface area contributed by atoms with E-state index in [-0.39, 0.29) is 29.8 Å². The summed E-state index contributed by atoms with van der Waals surface area (Å²) in [5.74, 6) is -1.11. The first-order valence-electron chi connectivity index (χ1n) is 8.15. The van der Waals surface area contributed by atoms with Gasteiger partial charge in [0.2, 0.25) is 15.9 Å². The van der Waals surface area contributed by atoms with E-state index in [1.807, 2.05) is 0 Å². The number of ether oxygens (including phenoxy) is 1. The number of methoxy groups -OCH3 is 1. The minimum absolute atomic E-state index is 0.118. The van der Waals surface area contributed by atoms with Gasteiger partial charge in [0, 0.05) is 25.0 Å². The molecule has 1 aliphatic heterocycles. The predicted molar refractivity (Wildman–Crippen MR) is 92.2 cm³/mol. The van der Waals surface area contributed by atoms with Crippen molar-refractivity contribution < 1.29 is 22.7 Å². The minimum Gasteiger partial charge on any atom is -0.467 e. The maximum absolute atomic E-state index is 12.9. The van der Waals surface area contributed by atoms with Gasteiger partial charge in [-0.05, 0) is 19.1 Å². The fourth-order valence-electron chi connectivity index (χ4n) is 2.98. The van der Waals surface area contributed by atoms with Crippen LogP contribution in [0.25, 0.3) is 0 Å². The molecule has 1 fully saturated rings. The molecular weight excluding hydrogens is 344 g/mol. The van der Waals surface area contributed by atoms with Crippen molar-refractivity contribution in [2.45, 2.75) is 37.8 Å². The fourth-order valence-corrected chi connectivity index (χ4v) is 4.52. The van der Waals surface area contributed by atoms with Crippen LogP contribution in [0, 0.1) is 5.92 Å². The van der Waals surface area contributed by atoms with Crippen LogP contribution in [-0.4, -0.2) is 61.8 Å². The average Bonchev–Trinajstić information content (AvgIpc) is 2.60. The number of piperazine rings is 1. The molecule has 1 aromatic carbocycles. The Bertz CT molecular complexity index is 733. The quantitative estimate of drug-likeness (QED) is 0.743. The van der Waals surface area contributed by atoms with Crippen molar-refractivity contribution >= 4 is 21.9 Å². The molecule has 0 aliphatic carbocycles. The first kappa shape index (κ1) is 19.4. The van der Waals surface area contributed by atoms with Crippen LogP contribution in [0.2, 0.25) is 0 Å². The Morgan fingerprint density at radius 3 is 2.28 bits per heavy atom. The molecule has 1 aromatic rings. The SMILES string of the molecule is COC(=O)[C@H]1CN(S(=O)(=O)c2ccccc2)C[C@@H](C)N1C(=O)C(C)C. The second kappa shape index (κ2) is 7.53. The highest BCUT2D eigenvalue weighted by atomic mass is 32.2. The number of esters is 1. The van der Waals surface area contributed by atoms with E-state index in [1.165, 1.54) is 28.4 Å². The second-order valence-corrected chi connectivity index (χ2v) is 8.36. The predicted octanol–water partition coefficient (Wildman–Crippen LogP) is 1.11. The molecule has 0 saturated carbocycles. The summed E-state index contributed by atoms with van der Waals surface area (Å²) in [6.45, 7) is 5.24. The highest BCUT2D eigenvalue weighted by molar-refractivity contribution is 7.89. The summed E-state index contributed by atoms with van der Waals surface area (Å²) in [5.41, 5.74) is 0. The zero-order valence-corrected chi connectivity index (χ0v) is 15.7. The maximum atomic E-state index is 12.9. The number of carbonyl (C=O) groups is 2. The third-order valence-electron chi connectivity index (χ3n) is 4.26. The van der Waals surface area contributed by atoms with Crippen LogP contribution >= 0.6 is 0 Å². The Morgan fingerprint density at radius 2 is 1.76 bits per heavy atom. The minimum atomic E-state index is -3.75. The molecule has 138 valence electrons. The molecule has 2 rings (SSSR count). The molecule has 0 bridgehead atoms. The monoisotopic (exact) mass is 368 g/mol. The summed E-state index contributed by atoms with van der Waals surface area (Å²) < 4.78 is 31.8. The summed E-state index contributed by atoms with van der Waals surface area (Å²) in [6.07, 6.45) is 0. The molecule has 8 heteroatoms. The fraction of sp³-hybridized carbons (Fsp3) is 0.529. The van der Waals surface area contributed by atoms with Crippen molar-refractivity contribution in [2.24, 2.45) is 5.92 Å². The van der Waals surface area contributed by atoms with Crippen LogP contribution in [0.15, 0.2) is 35.2 Å². The molecule has 0 aromatic heterocycles. The van der Waals surface area contributed by atoms with Crippen LogP contribution < -0.4 is 0 Å². The highest BCUT2D eigenvalue weighted by Crippen LogP contribution is 2.25. The largest absolute Gasteiger partial charge is 0.467 e. The van der Waals surface area contributed by atoms with Gasteiger partial charge in [0.25, 0.3) is 0 Å². The first-order chi connectivity index (χ1) is 11.7. The Kier molecular flexibility index (Phi) is 5.84. The van der Waals surface area contributed by atoms with Gasteiger partial charge in [-0.2, -0.15) is 4.31 Å². The van der Waals surface area contributed by atoms with E-state index >= 15 is 0 Å². The Hall–Kier alpha value is -1.93. The lowest BCUT2D eigenvalue weighted by molar-refractivity contribution is -0.159. The van der Waals surface area contributed by atoms with E-state index < -0.39 is 28.1 Å². The van der Waals surface area contributed by atoms with Crippen LogP contribution in [0.5, 0.6) is 0 Å². The number of hydrogen-bond donors (Lipinski definition) is 0.